The molecule has 0 saturated heterocycles. The number of nitrogens with two attached hydrogens (primary N) is 1. The van der Waals surface area contributed by atoms with Crippen molar-refractivity contribution in [2.24, 2.45) is 5.73 Å². The summed E-state index contributed by atoms with van der Waals surface area (Å²) in [7, 11) is 0. The van der Waals surface area contributed by atoms with Crippen LogP contribution in [0.25, 0.3) is 0 Å². The summed E-state index contributed by atoms with van der Waals surface area (Å²) < 4.78 is 26.3. The van der Waals surface area contributed by atoms with Crippen LogP contribution in [0.3, 0.4) is 0 Å². The monoisotopic (exact) mass is 225 g/mol. The van der Waals surface area contributed by atoms with Crippen molar-refractivity contribution in [3.05, 3.63) is 57.8 Å². The third-order valence-corrected chi connectivity index (χ3v) is 3.12. The Morgan fingerprint density at radius 1 is 1.13 bits per heavy atom. The molecule has 1 unspecified atom stereocenters. The van der Waals surface area contributed by atoms with Gasteiger partial charge in [0.05, 0.1) is 6.04 Å². The molecule has 1 atom stereocenters. The molecule has 0 fully saturated rings. The average molecular weight is 225 g/mol. The Morgan fingerprint density at radius 2 is 1.93 bits per heavy atom. The summed E-state index contributed by atoms with van der Waals surface area (Å²) in [5.74, 6) is -1.72. The zero-order valence-electron chi connectivity index (χ0n) is 7.78. The van der Waals surface area contributed by atoms with E-state index in [4.69, 9.17) is 5.73 Å². The molecule has 4 heteroatoms. The van der Waals surface area contributed by atoms with Crippen molar-refractivity contribution in [2.75, 3.05) is 0 Å². The molecule has 0 saturated carbocycles. The fourth-order valence-electron chi connectivity index (χ4n) is 1.38. The van der Waals surface area contributed by atoms with Crippen LogP contribution >= 0.6 is 11.3 Å². The Morgan fingerprint density at radius 3 is 2.60 bits per heavy atom. The zero-order chi connectivity index (χ0) is 10.8. The average Bonchev–Trinajstić information content (AvgIpc) is 2.74. The molecule has 0 aliphatic carbocycles. The molecule has 0 aliphatic rings. The second kappa shape index (κ2) is 4.08. The zero-order valence-corrected chi connectivity index (χ0v) is 8.60. The standard InChI is InChI=1S/C11H9F2NS/c12-8-4-1-3-7(10(8)13)11(14)9-5-2-6-15-9/h1-6,11H,14H2. The van der Waals surface area contributed by atoms with E-state index < -0.39 is 17.7 Å². The van der Waals surface area contributed by atoms with Crippen molar-refractivity contribution >= 4 is 11.3 Å². The minimum Gasteiger partial charge on any atom is -0.320 e. The van der Waals surface area contributed by atoms with Crippen LogP contribution in [0.2, 0.25) is 0 Å². The Bertz CT molecular complexity index is 454. The number of hydrogen-bond donors (Lipinski definition) is 1. The molecule has 15 heavy (non-hydrogen) atoms. The van der Waals surface area contributed by atoms with Gasteiger partial charge in [0.2, 0.25) is 0 Å². The third kappa shape index (κ3) is 1.91. The van der Waals surface area contributed by atoms with E-state index in [1.165, 1.54) is 23.5 Å². The fraction of sp³-hybridized carbons (Fsp3) is 0.0909. The first-order valence-electron chi connectivity index (χ1n) is 4.43. The first-order valence-corrected chi connectivity index (χ1v) is 5.31. The summed E-state index contributed by atoms with van der Waals surface area (Å²) in [6.45, 7) is 0. The molecule has 0 amide bonds. The number of halogens is 2. The SMILES string of the molecule is NC(c1cccs1)c1cccc(F)c1F. The lowest BCUT2D eigenvalue weighted by molar-refractivity contribution is 0.495. The first-order chi connectivity index (χ1) is 7.20. The second-order valence-electron chi connectivity index (χ2n) is 3.14. The van der Waals surface area contributed by atoms with Crippen molar-refractivity contribution in [3.63, 3.8) is 0 Å². The summed E-state index contributed by atoms with van der Waals surface area (Å²) in [4.78, 5) is 0.819. The van der Waals surface area contributed by atoms with Crippen LogP contribution in [0.1, 0.15) is 16.5 Å². The van der Waals surface area contributed by atoms with Crippen LogP contribution < -0.4 is 5.73 Å². The Balaban J connectivity index is 2.42. The molecule has 78 valence electrons. The molecule has 0 radical (unpaired) electrons. The van der Waals surface area contributed by atoms with Gasteiger partial charge in [-0.05, 0) is 17.5 Å². The minimum atomic E-state index is -0.863. The molecule has 1 heterocycles. The van der Waals surface area contributed by atoms with Crippen LogP contribution in [0, 0.1) is 11.6 Å². The van der Waals surface area contributed by atoms with Gasteiger partial charge in [-0.25, -0.2) is 8.78 Å². The van der Waals surface area contributed by atoms with Crippen molar-refractivity contribution < 1.29 is 8.78 Å². The molecule has 2 N–H and O–H groups in total. The second-order valence-corrected chi connectivity index (χ2v) is 4.12. The topological polar surface area (TPSA) is 26.0 Å². The third-order valence-electron chi connectivity index (χ3n) is 2.17. The number of hydrogen-bond acceptors (Lipinski definition) is 2. The predicted octanol–water partition coefficient (Wildman–Crippen LogP) is 3.07. The van der Waals surface area contributed by atoms with E-state index in [0.29, 0.717) is 0 Å². The van der Waals surface area contributed by atoms with Gasteiger partial charge in [-0.2, -0.15) is 0 Å². The lowest BCUT2D eigenvalue weighted by atomic mass is 10.1. The fourth-order valence-corrected chi connectivity index (χ4v) is 2.13. The van der Waals surface area contributed by atoms with Gasteiger partial charge in [0.1, 0.15) is 0 Å². The van der Waals surface area contributed by atoms with Gasteiger partial charge in [-0.3, -0.25) is 0 Å². The summed E-state index contributed by atoms with van der Waals surface area (Å²) in [6.07, 6.45) is 0. The Labute approximate surface area is 90.2 Å². The highest BCUT2D eigenvalue weighted by Crippen LogP contribution is 2.26. The molecule has 0 bridgehead atoms. The number of thiophene rings is 1. The summed E-state index contributed by atoms with van der Waals surface area (Å²) in [5.41, 5.74) is 6.03. The van der Waals surface area contributed by atoms with Gasteiger partial charge < -0.3 is 5.73 Å². The van der Waals surface area contributed by atoms with Crippen molar-refractivity contribution in [1.82, 2.24) is 0 Å². The van der Waals surface area contributed by atoms with Crippen LogP contribution in [0.4, 0.5) is 8.78 Å². The molecule has 1 aromatic carbocycles. The van der Waals surface area contributed by atoms with Crippen LogP contribution in [0.5, 0.6) is 0 Å². The maximum atomic E-state index is 13.4. The van der Waals surface area contributed by atoms with Gasteiger partial charge in [-0.15, -0.1) is 11.3 Å². The van der Waals surface area contributed by atoms with E-state index in [-0.39, 0.29) is 5.56 Å². The van der Waals surface area contributed by atoms with Gasteiger partial charge in [-0.1, -0.05) is 18.2 Å². The van der Waals surface area contributed by atoms with Gasteiger partial charge in [0, 0.05) is 10.4 Å². The van der Waals surface area contributed by atoms with Gasteiger partial charge in [0.25, 0.3) is 0 Å². The van der Waals surface area contributed by atoms with Crippen molar-refractivity contribution in [1.29, 1.82) is 0 Å². The molecule has 1 aromatic heterocycles. The lowest BCUT2D eigenvalue weighted by Gasteiger charge is -2.11. The lowest BCUT2D eigenvalue weighted by Crippen LogP contribution is -2.12. The molecule has 2 rings (SSSR count). The Hall–Kier alpha value is -1.26. The smallest absolute Gasteiger partial charge is 0.163 e. The largest absolute Gasteiger partial charge is 0.320 e. The van der Waals surface area contributed by atoms with Crippen molar-refractivity contribution in [3.8, 4) is 0 Å². The van der Waals surface area contributed by atoms with E-state index in [1.54, 1.807) is 6.07 Å². The predicted molar refractivity (Wildman–Crippen MR) is 56.7 cm³/mol. The summed E-state index contributed by atoms with van der Waals surface area (Å²) >= 11 is 1.43. The first kappa shape index (κ1) is 10.3. The highest BCUT2D eigenvalue weighted by Gasteiger charge is 2.16. The normalized spacial score (nSPS) is 12.7. The highest BCUT2D eigenvalue weighted by molar-refractivity contribution is 7.10. The van der Waals surface area contributed by atoms with E-state index in [1.807, 2.05) is 11.4 Å². The summed E-state index contributed by atoms with van der Waals surface area (Å²) in [5, 5.41) is 1.85. The molecule has 0 spiro atoms. The number of benzene rings is 1. The van der Waals surface area contributed by atoms with Gasteiger partial charge in [0.15, 0.2) is 11.6 Å². The quantitative estimate of drug-likeness (QED) is 0.835. The molecular weight excluding hydrogens is 216 g/mol. The van der Waals surface area contributed by atoms with Crippen molar-refractivity contribution in [2.45, 2.75) is 6.04 Å². The minimum absolute atomic E-state index is 0.192. The molecular formula is C11H9F2NS. The van der Waals surface area contributed by atoms with Gasteiger partial charge >= 0.3 is 0 Å². The van der Waals surface area contributed by atoms with E-state index in [9.17, 15) is 8.78 Å². The van der Waals surface area contributed by atoms with Crippen LogP contribution in [-0.2, 0) is 0 Å². The van der Waals surface area contributed by atoms with E-state index in [2.05, 4.69) is 0 Å². The van der Waals surface area contributed by atoms with E-state index >= 15 is 0 Å². The molecule has 0 aliphatic heterocycles. The molecule has 2 aromatic rings. The Kier molecular flexibility index (Phi) is 2.79. The highest BCUT2D eigenvalue weighted by atomic mass is 32.1. The maximum Gasteiger partial charge on any atom is 0.163 e. The van der Waals surface area contributed by atoms with Crippen LogP contribution in [0.15, 0.2) is 35.7 Å². The summed E-state index contributed by atoms with van der Waals surface area (Å²) in [6, 6.07) is 7.08. The van der Waals surface area contributed by atoms with E-state index in [0.717, 1.165) is 10.9 Å². The number of rotatable bonds is 2. The van der Waals surface area contributed by atoms with Crippen LogP contribution in [-0.4, -0.2) is 0 Å². The molecule has 1 nitrogen and oxygen atoms in total. The maximum absolute atomic E-state index is 13.4.